The van der Waals surface area contributed by atoms with E-state index < -0.39 is 0 Å². The van der Waals surface area contributed by atoms with Crippen molar-refractivity contribution >= 4 is 0 Å². The van der Waals surface area contributed by atoms with E-state index in [0.29, 0.717) is 12.5 Å². The maximum absolute atomic E-state index is 5.87. The second kappa shape index (κ2) is 6.52. The molecule has 0 aliphatic carbocycles. The van der Waals surface area contributed by atoms with Crippen LogP contribution in [0.15, 0.2) is 30.6 Å². The zero-order valence-electron chi connectivity index (χ0n) is 12.3. The Morgan fingerprint density at radius 1 is 1.30 bits per heavy atom. The second-order valence-corrected chi connectivity index (χ2v) is 5.40. The summed E-state index contributed by atoms with van der Waals surface area (Å²) in [5.41, 5.74) is 6.93. The number of nitrogens with zero attached hydrogens (tertiary/aromatic N) is 3. The first-order valence-corrected chi connectivity index (χ1v) is 6.91. The number of rotatable bonds is 6. The zero-order chi connectivity index (χ0) is 14.5. The Hall–Kier alpha value is -1.88. The molecule has 1 heterocycles. The first-order chi connectivity index (χ1) is 9.56. The summed E-state index contributed by atoms with van der Waals surface area (Å²) in [5.74, 6) is 2.17. The summed E-state index contributed by atoms with van der Waals surface area (Å²) in [4.78, 5) is 4.24. The quantitative estimate of drug-likeness (QED) is 0.879. The molecule has 1 unspecified atom stereocenters. The third-order valence-corrected chi connectivity index (χ3v) is 2.99. The van der Waals surface area contributed by atoms with Crippen molar-refractivity contribution in [2.45, 2.75) is 40.0 Å². The van der Waals surface area contributed by atoms with Crippen molar-refractivity contribution in [2.75, 3.05) is 0 Å². The molecule has 0 spiro atoms. The van der Waals surface area contributed by atoms with Crippen LogP contribution in [0, 0.1) is 5.92 Å². The van der Waals surface area contributed by atoms with E-state index in [2.05, 4.69) is 23.9 Å². The number of aromatic nitrogens is 3. The molecule has 0 saturated carbocycles. The van der Waals surface area contributed by atoms with Crippen LogP contribution in [0.3, 0.4) is 0 Å². The molecule has 1 aromatic heterocycles. The average molecular weight is 274 g/mol. The number of hydrogen-bond donors (Lipinski definition) is 1. The van der Waals surface area contributed by atoms with E-state index >= 15 is 0 Å². The van der Waals surface area contributed by atoms with Crippen LogP contribution in [0.2, 0.25) is 0 Å². The van der Waals surface area contributed by atoms with Crippen molar-refractivity contribution < 1.29 is 4.74 Å². The van der Waals surface area contributed by atoms with Gasteiger partial charge in [-0.15, -0.1) is 0 Å². The summed E-state index contributed by atoms with van der Waals surface area (Å²) in [6.07, 6.45) is 1.57. The number of hydrogen-bond acceptors (Lipinski definition) is 4. The Balaban J connectivity index is 2.02. The summed E-state index contributed by atoms with van der Waals surface area (Å²) < 4.78 is 7.67. The van der Waals surface area contributed by atoms with Gasteiger partial charge < -0.3 is 10.5 Å². The van der Waals surface area contributed by atoms with Crippen LogP contribution in [0.5, 0.6) is 5.75 Å². The van der Waals surface area contributed by atoms with E-state index in [1.807, 2.05) is 35.9 Å². The highest BCUT2D eigenvalue weighted by atomic mass is 16.5. The first-order valence-electron chi connectivity index (χ1n) is 6.91. The molecule has 0 aliphatic heterocycles. The van der Waals surface area contributed by atoms with Crippen LogP contribution in [0.25, 0.3) is 0 Å². The third-order valence-electron chi connectivity index (χ3n) is 2.99. The Morgan fingerprint density at radius 2 is 2.10 bits per heavy atom. The molecule has 2 rings (SSSR count). The predicted molar refractivity (Wildman–Crippen MR) is 78.2 cm³/mol. The highest BCUT2D eigenvalue weighted by Crippen LogP contribution is 2.18. The lowest BCUT2D eigenvalue weighted by Gasteiger charge is -2.11. The Labute approximate surface area is 119 Å². The largest absolute Gasteiger partial charge is 0.486 e. The van der Waals surface area contributed by atoms with Crippen LogP contribution >= 0.6 is 0 Å². The number of nitrogens with two attached hydrogens (primary N) is 1. The summed E-state index contributed by atoms with van der Waals surface area (Å²) in [6.45, 7) is 7.52. The summed E-state index contributed by atoms with van der Waals surface area (Å²) in [5, 5.41) is 4.22. The SMILES string of the molecule is CC(C)Cn1ncnc1COc1cccc(C(C)N)c1. The molecule has 0 amide bonds. The minimum atomic E-state index is 0.00291. The smallest absolute Gasteiger partial charge is 0.164 e. The lowest BCUT2D eigenvalue weighted by molar-refractivity contribution is 0.282. The molecule has 2 aromatic rings. The molecular formula is C15H22N4O. The van der Waals surface area contributed by atoms with E-state index in [4.69, 9.17) is 10.5 Å². The molecule has 5 nitrogen and oxygen atoms in total. The Bertz CT molecular complexity index is 548. The van der Waals surface area contributed by atoms with E-state index in [1.165, 1.54) is 0 Å². The van der Waals surface area contributed by atoms with Gasteiger partial charge in [0.05, 0.1) is 0 Å². The van der Waals surface area contributed by atoms with Crippen molar-refractivity contribution in [1.29, 1.82) is 0 Å². The van der Waals surface area contributed by atoms with E-state index in [9.17, 15) is 0 Å². The molecule has 2 N–H and O–H groups in total. The molecule has 0 radical (unpaired) electrons. The van der Waals surface area contributed by atoms with Gasteiger partial charge in [0.1, 0.15) is 18.7 Å². The van der Waals surface area contributed by atoms with Crippen LogP contribution in [-0.2, 0) is 13.2 Å². The number of ether oxygens (including phenoxy) is 1. The third kappa shape index (κ3) is 3.81. The van der Waals surface area contributed by atoms with Crippen LogP contribution in [0.1, 0.15) is 38.2 Å². The van der Waals surface area contributed by atoms with Gasteiger partial charge in [0.15, 0.2) is 5.82 Å². The molecule has 0 fully saturated rings. The lowest BCUT2D eigenvalue weighted by Crippen LogP contribution is -2.12. The fourth-order valence-electron chi connectivity index (χ4n) is 1.93. The molecule has 1 atom stereocenters. The van der Waals surface area contributed by atoms with Gasteiger partial charge in [-0.3, -0.25) is 0 Å². The minimum Gasteiger partial charge on any atom is -0.486 e. The topological polar surface area (TPSA) is 66.0 Å². The zero-order valence-corrected chi connectivity index (χ0v) is 12.3. The number of benzene rings is 1. The van der Waals surface area contributed by atoms with Gasteiger partial charge >= 0.3 is 0 Å². The summed E-state index contributed by atoms with van der Waals surface area (Å²) in [7, 11) is 0. The van der Waals surface area contributed by atoms with Gasteiger partial charge in [0, 0.05) is 12.6 Å². The molecule has 5 heteroatoms. The predicted octanol–water partition coefficient (Wildman–Crippen LogP) is 2.53. The lowest BCUT2D eigenvalue weighted by atomic mass is 10.1. The molecule has 0 aliphatic rings. The van der Waals surface area contributed by atoms with Crippen molar-refractivity contribution in [3.63, 3.8) is 0 Å². The maximum atomic E-state index is 5.87. The van der Waals surface area contributed by atoms with Crippen LogP contribution in [0.4, 0.5) is 0 Å². The molecule has 1 aromatic carbocycles. The second-order valence-electron chi connectivity index (χ2n) is 5.40. The maximum Gasteiger partial charge on any atom is 0.164 e. The Morgan fingerprint density at radius 3 is 2.80 bits per heavy atom. The normalized spacial score (nSPS) is 12.7. The highest BCUT2D eigenvalue weighted by Gasteiger charge is 2.07. The van der Waals surface area contributed by atoms with E-state index in [-0.39, 0.29) is 6.04 Å². The van der Waals surface area contributed by atoms with Crippen molar-refractivity contribution in [2.24, 2.45) is 11.7 Å². The minimum absolute atomic E-state index is 0.00291. The average Bonchev–Trinajstić information content (AvgIpc) is 2.83. The van der Waals surface area contributed by atoms with Gasteiger partial charge in [-0.05, 0) is 30.5 Å². The molecule has 20 heavy (non-hydrogen) atoms. The van der Waals surface area contributed by atoms with Crippen molar-refractivity contribution in [3.05, 3.63) is 42.0 Å². The standard InChI is InChI=1S/C15H22N4O/c1-11(2)8-19-15(17-10-18-19)9-20-14-6-4-5-13(7-14)12(3)16/h4-7,10-12H,8-9,16H2,1-3H3. The fourth-order valence-corrected chi connectivity index (χ4v) is 1.93. The molecule has 0 bridgehead atoms. The van der Waals surface area contributed by atoms with Gasteiger partial charge in [0.25, 0.3) is 0 Å². The van der Waals surface area contributed by atoms with Gasteiger partial charge in [-0.2, -0.15) is 5.10 Å². The summed E-state index contributed by atoms with van der Waals surface area (Å²) in [6, 6.07) is 7.84. The van der Waals surface area contributed by atoms with Gasteiger partial charge in [-0.25, -0.2) is 9.67 Å². The van der Waals surface area contributed by atoms with E-state index in [1.54, 1.807) is 6.33 Å². The van der Waals surface area contributed by atoms with Gasteiger partial charge in [0.2, 0.25) is 0 Å². The summed E-state index contributed by atoms with van der Waals surface area (Å²) >= 11 is 0. The van der Waals surface area contributed by atoms with Crippen molar-refractivity contribution in [1.82, 2.24) is 14.8 Å². The molecular weight excluding hydrogens is 252 g/mol. The molecule has 0 saturated heterocycles. The van der Waals surface area contributed by atoms with E-state index in [0.717, 1.165) is 23.7 Å². The molecule has 108 valence electrons. The Kier molecular flexibility index (Phi) is 4.74. The fraction of sp³-hybridized carbons (Fsp3) is 0.467. The first kappa shape index (κ1) is 14.5. The van der Waals surface area contributed by atoms with Crippen LogP contribution < -0.4 is 10.5 Å². The highest BCUT2D eigenvalue weighted by molar-refractivity contribution is 5.30. The van der Waals surface area contributed by atoms with Gasteiger partial charge in [-0.1, -0.05) is 26.0 Å². The van der Waals surface area contributed by atoms with Crippen LogP contribution in [-0.4, -0.2) is 14.8 Å². The van der Waals surface area contributed by atoms with Crippen molar-refractivity contribution in [3.8, 4) is 5.75 Å². The monoisotopic (exact) mass is 274 g/mol.